The topological polar surface area (TPSA) is 55.6 Å². The van der Waals surface area contributed by atoms with Crippen molar-refractivity contribution in [2.24, 2.45) is 11.7 Å². The molecule has 1 fully saturated rings. The molecule has 2 N–H and O–H groups in total. The Balaban J connectivity index is 1.78. The smallest absolute Gasteiger partial charge is 0.260 e. The number of hydrogen-bond donors (Lipinski definition) is 1. The van der Waals surface area contributed by atoms with Crippen molar-refractivity contribution >= 4 is 5.91 Å². The van der Waals surface area contributed by atoms with E-state index in [2.05, 4.69) is 0 Å². The first kappa shape index (κ1) is 14.9. The first-order valence-electron chi connectivity index (χ1n) is 7.29. The van der Waals surface area contributed by atoms with Crippen LogP contribution in [0.3, 0.4) is 0 Å². The van der Waals surface area contributed by atoms with Crippen LogP contribution >= 0.6 is 0 Å². The third-order valence-electron chi connectivity index (χ3n) is 3.99. The van der Waals surface area contributed by atoms with Crippen molar-refractivity contribution in [3.8, 4) is 5.75 Å². The Labute approximate surface area is 120 Å². The second-order valence-electron chi connectivity index (χ2n) is 5.68. The largest absolute Gasteiger partial charge is 0.484 e. The SMILES string of the molecule is Cc1cccc(OCC(=O)N2CCC(C(C)N)CC2)c1. The number of amides is 1. The molecule has 0 bridgehead atoms. The summed E-state index contributed by atoms with van der Waals surface area (Å²) in [5.41, 5.74) is 7.04. The number of carbonyl (C=O) groups is 1. The van der Waals surface area contributed by atoms with Crippen LogP contribution in [0.5, 0.6) is 5.75 Å². The molecule has 1 amide bonds. The predicted molar refractivity (Wildman–Crippen MR) is 79.6 cm³/mol. The summed E-state index contributed by atoms with van der Waals surface area (Å²) in [6.45, 7) is 5.76. The fourth-order valence-corrected chi connectivity index (χ4v) is 2.62. The number of nitrogens with zero attached hydrogens (tertiary/aromatic N) is 1. The number of hydrogen-bond acceptors (Lipinski definition) is 3. The summed E-state index contributed by atoms with van der Waals surface area (Å²) in [4.78, 5) is 14.0. The van der Waals surface area contributed by atoms with Gasteiger partial charge in [-0.2, -0.15) is 0 Å². The summed E-state index contributed by atoms with van der Waals surface area (Å²) in [7, 11) is 0. The average molecular weight is 276 g/mol. The molecular weight excluding hydrogens is 252 g/mol. The summed E-state index contributed by atoms with van der Waals surface area (Å²) >= 11 is 0. The first-order valence-corrected chi connectivity index (χ1v) is 7.29. The normalized spacial score (nSPS) is 17.9. The molecule has 1 heterocycles. The molecule has 1 unspecified atom stereocenters. The number of carbonyl (C=O) groups excluding carboxylic acids is 1. The van der Waals surface area contributed by atoms with Gasteiger partial charge in [0.15, 0.2) is 6.61 Å². The number of rotatable bonds is 4. The Morgan fingerprint density at radius 2 is 2.15 bits per heavy atom. The van der Waals surface area contributed by atoms with E-state index in [1.54, 1.807) is 0 Å². The van der Waals surface area contributed by atoms with E-state index in [0.29, 0.717) is 5.92 Å². The van der Waals surface area contributed by atoms with E-state index in [1.807, 2.05) is 43.0 Å². The van der Waals surface area contributed by atoms with Gasteiger partial charge in [-0.25, -0.2) is 0 Å². The lowest BCUT2D eigenvalue weighted by atomic mass is 9.91. The molecule has 1 aliphatic heterocycles. The minimum absolute atomic E-state index is 0.0645. The Morgan fingerprint density at radius 3 is 2.75 bits per heavy atom. The van der Waals surface area contributed by atoms with Gasteiger partial charge in [-0.3, -0.25) is 4.79 Å². The third kappa shape index (κ3) is 3.97. The van der Waals surface area contributed by atoms with Gasteiger partial charge in [0.25, 0.3) is 5.91 Å². The zero-order valence-electron chi connectivity index (χ0n) is 12.3. The summed E-state index contributed by atoms with van der Waals surface area (Å²) < 4.78 is 5.56. The lowest BCUT2D eigenvalue weighted by molar-refractivity contribution is -0.134. The molecule has 0 spiro atoms. The minimum Gasteiger partial charge on any atom is -0.484 e. The maximum atomic E-state index is 12.1. The van der Waals surface area contributed by atoms with Gasteiger partial charge in [-0.05, 0) is 50.3 Å². The van der Waals surface area contributed by atoms with E-state index in [-0.39, 0.29) is 18.6 Å². The van der Waals surface area contributed by atoms with Crippen LogP contribution in [0.4, 0.5) is 0 Å². The van der Waals surface area contributed by atoms with E-state index in [1.165, 1.54) is 0 Å². The second kappa shape index (κ2) is 6.75. The highest BCUT2D eigenvalue weighted by atomic mass is 16.5. The minimum atomic E-state index is 0.0645. The van der Waals surface area contributed by atoms with Gasteiger partial charge in [-0.1, -0.05) is 12.1 Å². The van der Waals surface area contributed by atoms with Crippen LogP contribution in [0.15, 0.2) is 24.3 Å². The van der Waals surface area contributed by atoms with Gasteiger partial charge in [-0.15, -0.1) is 0 Å². The van der Waals surface area contributed by atoms with Crippen LogP contribution in [0.2, 0.25) is 0 Å². The zero-order valence-corrected chi connectivity index (χ0v) is 12.3. The van der Waals surface area contributed by atoms with Crippen molar-refractivity contribution in [2.75, 3.05) is 19.7 Å². The molecule has 1 aromatic carbocycles. The lowest BCUT2D eigenvalue weighted by Crippen LogP contribution is -2.44. The van der Waals surface area contributed by atoms with Crippen molar-refractivity contribution in [1.29, 1.82) is 0 Å². The van der Waals surface area contributed by atoms with Crippen molar-refractivity contribution < 1.29 is 9.53 Å². The van der Waals surface area contributed by atoms with E-state index < -0.39 is 0 Å². The Bertz CT molecular complexity index is 452. The highest BCUT2D eigenvalue weighted by Gasteiger charge is 2.24. The van der Waals surface area contributed by atoms with Crippen LogP contribution < -0.4 is 10.5 Å². The van der Waals surface area contributed by atoms with Crippen LogP contribution in [-0.4, -0.2) is 36.5 Å². The molecule has 2 rings (SSSR count). The van der Waals surface area contributed by atoms with Crippen molar-refractivity contribution in [3.63, 3.8) is 0 Å². The van der Waals surface area contributed by atoms with Gasteiger partial charge < -0.3 is 15.4 Å². The van der Waals surface area contributed by atoms with Crippen molar-refractivity contribution in [1.82, 2.24) is 4.90 Å². The molecule has 1 saturated heterocycles. The van der Waals surface area contributed by atoms with Crippen LogP contribution in [0.1, 0.15) is 25.3 Å². The second-order valence-corrected chi connectivity index (χ2v) is 5.68. The molecule has 4 nitrogen and oxygen atoms in total. The number of piperidine rings is 1. The Hall–Kier alpha value is -1.55. The third-order valence-corrected chi connectivity index (χ3v) is 3.99. The number of benzene rings is 1. The molecule has 1 atom stereocenters. The molecule has 1 aliphatic rings. The Morgan fingerprint density at radius 1 is 1.45 bits per heavy atom. The maximum Gasteiger partial charge on any atom is 0.260 e. The van der Waals surface area contributed by atoms with Crippen LogP contribution in [-0.2, 0) is 4.79 Å². The molecular formula is C16H24N2O2. The highest BCUT2D eigenvalue weighted by Crippen LogP contribution is 2.20. The lowest BCUT2D eigenvalue weighted by Gasteiger charge is -2.33. The zero-order chi connectivity index (χ0) is 14.5. The molecule has 0 aromatic heterocycles. The molecule has 0 radical (unpaired) electrons. The van der Waals surface area contributed by atoms with Crippen molar-refractivity contribution in [2.45, 2.75) is 32.7 Å². The quantitative estimate of drug-likeness (QED) is 0.914. The van der Waals surface area contributed by atoms with Gasteiger partial charge >= 0.3 is 0 Å². The van der Waals surface area contributed by atoms with Gasteiger partial charge in [0.2, 0.25) is 0 Å². The van der Waals surface area contributed by atoms with Gasteiger partial charge in [0.1, 0.15) is 5.75 Å². The molecule has 0 aliphatic carbocycles. The van der Waals surface area contributed by atoms with E-state index in [0.717, 1.165) is 37.2 Å². The molecule has 110 valence electrons. The van der Waals surface area contributed by atoms with E-state index in [4.69, 9.17) is 10.5 Å². The van der Waals surface area contributed by atoms with Gasteiger partial charge in [0.05, 0.1) is 0 Å². The monoisotopic (exact) mass is 276 g/mol. The summed E-state index contributed by atoms with van der Waals surface area (Å²) in [5, 5.41) is 0. The van der Waals surface area contributed by atoms with Crippen LogP contribution in [0, 0.1) is 12.8 Å². The Kier molecular flexibility index (Phi) is 5.01. The number of aryl methyl sites for hydroxylation is 1. The number of likely N-dealkylation sites (tertiary alicyclic amines) is 1. The highest BCUT2D eigenvalue weighted by molar-refractivity contribution is 5.77. The molecule has 20 heavy (non-hydrogen) atoms. The maximum absolute atomic E-state index is 12.1. The standard InChI is InChI=1S/C16H24N2O2/c1-12-4-3-5-15(10-12)20-11-16(19)18-8-6-14(7-9-18)13(2)17/h3-5,10,13-14H,6-9,11,17H2,1-2H3. The summed E-state index contributed by atoms with van der Waals surface area (Å²) in [5.74, 6) is 1.36. The number of ether oxygens (including phenoxy) is 1. The predicted octanol–water partition coefficient (Wildman–Crippen LogP) is 1.96. The molecule has 1 aromatic rings. The fraction of sp³-hybridized carbons (Fsp3) is 0.562. The average Bonchev–Trinajstić information content (AvgIpc) is 2.45. The van der Waals surface area contributed by atoms with Crippen LogP contribution in [0.25, 0.3) is 0 Å². The number of nitrogens with two attached hydrogens (primary N) is 1. The fourth-order valence-electron chi connectivity index (χ4n) is 2.62. The first-order chi connectivity index (χ1) is 9.56. The molecule has 4 heteroatoms. The molecule has 0 saturated carbocycles. The van der Waals surface area contributed by atoms with E-state index >= 15 is 0 Å². The van der Waals surface area contributed by atoms with Crippen molar-refractivity contribution in [3.05, 3.63) is 29.8 Å². The van der Waals surface area contributed by atoms with E-state index in [9.17, 15) is 4.79 Å². The van der Waals surface area contributed by atoms with Gasteiger partial charge in [0, 0.05) is 19.1 Å². The summed E-state index contributed by atoms with van der Waals surface area (Å²) in [6, 6.07) is 7.98. The summed E-state index contributed by atoms with van der Waals surface area (Å²) in [6.07, 6.45) is 1.99.